The Balaban J connectivity index is 1.90. The van der Waals surface area contributed by atoms with Crippen molar-refractivity contribution < 1.29 is 4.79 Å². The van der Waals surface area contributed by atoms with Crippen LogP contribution < -0.4 is 11.1 Å². The Morgan fingerprint density at radius 1 is 1.33 bits per heavy atom. The molecule has 18 heavy (non-hydrogen) atoms. The van der Waals surface area contributed by atoms with Gasteiger partial charge in [-0.15, -0.1) is 0 Å². The van der Waals surface area contributed by atoms with Crippen molar-refractivity contribution in [3.63, 3.8) is 0 Å². The summed E-state index contributed by atoms with van der Waals surface area (Å²) in [6, 6.07) is 5.82. The molecule has 4 heteroatoms. The summed E-state index contributed by atoms with van der Waals surface area (Å²) in [7, 11) is 0. The molecule has 1 aliphatic heterocycles. The first-order valence-electron chi connectivity index (χ1n) is 6.55. The zero-order valence-electron chi connectivity index (χ0n) is 10.9. The van der Waals surface area contributed by atoms with Crippen LogP contribution in [0.4, 0.5) is 11.4 Å². The number of nitrogens with zero attached hydrogens (tertiary/aromatic N) is 1. The lowest BCUT2D eigenvalue weighted by Crippen LogP contribution is -2.39. The SMILES string of the molecule is Cc1cccc(NCC(=O)N2CCCCC2)c1N. The van der Waals surface area contributed by atoms with Gasteiger partial charge in [-0.05, 0) is 37.8 Å². The summed E-state index contributed by atoms with van der Waals surface area (Å²) in [6.45, 7) is 4.08. The highest BCUT2D eigenvalue weighted by molar-refractivity contribution is 5.82. The first-order chi connectivity index (χ1) is 8.68. The number of hydrogen-bond donors (Lipinski definition) is 2. The highest BCUT2D eigenvalue weighted by Gasteiger charge is 2.16. The molecule has 3 N–H and O–H groups in total. The standard InChI is InChI=1S/C14H21N3O/c1-11-6-5-7-12(14(11)15)16-10-13(18)17-8-3-2-4-9-17/h5-7,16H,2-4,8-10,15H2,1H3. The second-order valence-electron chi connectivity index (χ2n) is 4.83. The maximum absolute atomic E-state index is 12.0. The molecule has 0 radical (unpaired) electrons. The second-order valence-corrected chi connectivity index (χ2v) is 4.83. The number of nitrogens with one attached hydrogen (secondary N) is 1. The molecular formula is C14H21N3O. The Morgan fingerprint density at radius 2 is 2.06 bits per heavy atom. The summed E-state index contributed by atoms with van der Waals surface area (Å²) in [4.78, 5) is 13.9. The van der Waals surface area contributed by atoms with Crippen LogP contribution in [0.25, 0.3) is 0 Å². The van der Waals surface area contributed by atoms with Crippen molar-refractivity contribution in [3.05, 3.63) is 23.8 Å². The molecule has 0 bridgehead atoms. The predicted molar refractivity (Wildman–Crippen MR) is 74.5 cm³/mol. The van der Waals surface area contributed by atoms with Gasteiger partial charge in [0.2, 0.25) is 5.91 Å². The van der Waals surface area contributed by atoms with Crippen molar-refractivity contribution in [1.82, 2.24) is 4.90 Å². The van der Waals surface area contributed by atoms with E-state index in [1.165, 1.54) is 6.42 Å². The van der Waals surface area contributed by atoms with Crippen LogP contribution in [0.3, 0.4) is 0 Å². The number of carbonyl (C=O) groups is 1. The third-order valence-electron chi connectivity index (χ3n) is 3.46. The van der Waals surface area contributed by atoms with Crippen molar-refractivity contribution in [3.8, 4) is 0 Å². The van der Waals surface area contributed by atoms with Crippen LogP contribution in [0.5, 0.6) is 0 Å². The van der Waals surface area contributed by atoms with Gasteiger partial charge < -0.3 is 16.0 Å². The minimum absolute atomic E-state index is 0.163. The number of anilines is 2. The van der Waals surface area contributed by atoms with Gasteiger partial charge in [0.15, 0.2) is 0 Å². The molecule has 1 amide bonds. The van der Waals surface area contributed by atoms with Gasteiger partial charge in [0, 0.05) is 13.1 Å². The molecule has 1 aliphatic rings. The number of carbonyl (C=O) groups excluding carboxylic acids is 1. The molecule has 0 spiro atoms. The van der Waals surface area contributed by atoms with Gasteiger partial charge in [0.1, 0.15) is 0 Å². The highest BCUT2D eigenvalue weighted by Crippen LogP contribution is 2.21. The van der Waals surface area contributed by atoms with Crippen LogP contribution in [-0.2, 0) is 4.79 Å². The molecule has 1 saturated heterocycles. The van der Waals surface area contributed by atoms with Crippen LogP contribution >= 0.6 is 0 Å². The molecule has 1 fully saturated rings. The van der Waals surface area contributed by atoms with E-state index in [0.717, 1.165) is 42.9 Å². The van der Waals surface area contributed by atoms with E-state index in [1.54, 1.807) is 0 Å². The number of hydrogen-bond acceptors (Lipinski definition) is 3. The van der Waals surface area contributed by atoms with Gasteiger partial charge >= 0.3 is 0 Å². The summed E-state index contributed by atoms with van der Waals surface area (Å²) in [5.41, 5.74) is 8.57. The highest BCUT2D eigenvalue weighted by atomic mass is 16.2. The van der Waals surface area contributed by atoms with Gasteiger partial charge in [-0.25, -0.2) is 0 Å². The molecule has 0 atom stereocenters. The summed E-state index contributed by atoms with van der Waals surface area (Å²) in [5.74, 6) is 0.163. The number of aryl methyl sites for hydroxylation is 1. The van der Waals surface area contributed by atoms with E-state index in [4.69, 9.17) is 5.73 Å². The zero-order valence-corrected chi connectivity index (χ0v) is 10.9. The third-order valence-corrected chi connectivity index (χ3v) is 3.46. The fourth-order valence-corrected chi connectivity index (χ4v) is 2.26. The van der Waals surface area contributed by atoms with E-state index >= 15 is 0 Å². The minimum atomic E-state index is 0.163. The lowest BCUT2D eigenvalue weighted by molar-refractivity contribution is -0.130. The van der Waals surface area contributed by atoms with Gasteiger partial charge in [-0.2, -0.15) is 0 Å². The Labute approximate surface area is 108 Å². The number of rotatable bonds is 3. The first kappa shape index (κ1) is 12.7. The molecule has 0 unspecified atom stereocenters. The molecule has 4 nitrogen and oxygen atoms in total. The van der Waals surface area contributed by atoms with Crippen molar-refractivity contribution in [2.45, 2.75) is 26.2 Å². The number of likely N-dealkylation sites (tertiary alicyclic amines) is 1. The molecule has 0 aromatic heterocycles. The number of benzene rings is 1. The molecule has 1 heterocycles. The van der Waals surface area contributed by atoms with Gasteiger partial charge in [-0.1, -0.05) is 12.1 Å². The molecule has 0 saturated carbocycles. The summed E-state index contributed by atoms with van der Waals surface area (Å²) in [6.07, 6.45) is 3.48. The van der Waals surface area contributed by atoms with Gasteiger partial charge in [-0.3, -0.25) is 4.79 Å². The number of nitrogen functional groups attached to an aromatic ring is 1. The maximum Gasteiger partial charge on any atom is 0.241 e. The number of piperidine rings is 1. The number of nitrogens with two attached hydrogens (primary N) is 1. The molecule has 1 aromatic rings. The van der Waals surface area contributed by atoms with Crippen LogP contribution in [-0.4, -0.2) is 30.4 Å². The summed E-state index contributed by atoms with van der Waals surface area (Å²) in [5, 5.41) is 3.13. The number of para-hydroxylation sites is 1. The topological polar surface area (TPSA) is 58.4 Å². The van der Waals surface area contributed by atoms with E-state index in [-0.39, 0.29) is 5.91 Å². The molecule has 0 aliphatic carbocycles. The Morgan fingerprint density at radius 3 is 2.78 bits per heavy atom. The Hall–Kier alpha value is -1.71. The second kappa shape index (κ2) is 5.76. The maximum atomic E-state index is 12.0. The lowest BCUT2D eigenvalue weighted by Gasteiger charge is -2.27. The lowest BCUT2D eigenvalue weighted by atomic mass is 10.1. The quantitative estimate of drug-likeness (QED) is 0.803. The van der Waals surface area contributed by atoms with E-state index in [1.807, 2.05) is 30.0 Å². The van der Waals surface area contributed by atoms with E-state index < -0.39 is 0 Å². The van der Waals surface area contributed by atoms with Gasteiger partial charge in [0.25, 0.3) is 0 Å². The average molecular weight is 247 g/mol. The molecule has 98 valence electrons. The number of amides is 1. The largest absolute Gasteiger partial charge is 0.397 e. The predicted octanol–water partition coefficient (Wildman–Crippen LogP) is 2.00. The summed E-state index contributed by atoms with van der Waals surface area (Å²) >= 11 is 0. The van der Waals surface area contributed by atoms with Crippen LogP contribution in [0.2, 0.25) is 0 Å². The van der Waals surface area contributed by atoms with E-state index in [0.29, 0.717) is 6.54 Å². The monoisotopic (exact) mass is 247 g/mol. The van der Waals surface area contributed by atoms with Crippen molar-refractivity contribution in [2.24, 2.45) is 0 Å². The smallest absolute Gasteiger partial charge is 0.241 e. The molecule has 2 rings (SSSR count). The van der Waals surface area contributed by atoms with Crippen LogP contribution in [0.1, 0.15) is 24.8 Å². The molecular weight excluding hydrogens is 226 g/mol. The fourth-order valence-electron chi connectivity index (χ4n) is 2.26. The van der Waals surface area contributed by atoms with Crippen LogP contribution in [0, 0.1) is 6.92 Å². The van der Waals surface area contributed by atoms with Crippen molar-refractivity contribution in [1.29, 1.82) is 0 Å². The van der Waals surface area contributed by atoms with E-state index in [9.17, 15) is 4.79 Å². The first-order valence-corrected chi connectivity index (χ1v) is 6.55. The van der Waals surface area contributed by atoms with Crippen molar-refractivity contribution in [2.75, 3.05) is 30.7 Å². The normalized spacial score (nSPS) is 15.5. The van der Waals surface area contributed by atoms with E-state index in [2.05, 4.69) is 5.32 Å². The Kier molecular flexibility index (Phi) is 4.07. The average Bonchev–Trinajstić information content (AvgIpc) is 2.41. The zero-order chi connectivity index (χ0) is 13.0. The van der Waals surface area contributed by atoms with Crippen molar-refractivity contribution >= 4 is 17.3 Å². The summed E-state index contributed by atoms with van der Waals surface area (Å²) < 4.78 is 0. The third kappa shape index (κ3) is 2.94. The minimum Gasteiger partial charge on any atom is -0.397 e. The Bertz CT molecular complexity index is 425. The van der Waals surface area contributed by atoms with Crippen LogP contribution in [0.15, 0.2) is 18.2 Å². The fraction of sp³-hybridized carbons (Fsp3) is 0.500. The molecule has 1 aromatic carbocycles. The van der Waals surface area contributed by atoms with Gasteiger partial charge in [0.05, 0.1) is 17.9 Å².